The molecule has 0 aliphatic heterocycles. The molecule has 3 heteroatoms. The van der Waals surface area contributed by atoms with Crippen LogP contribution in [0.3, 0.4) is 0 Å². The molecule has 0 aromatic heterocycles. The van der Waals surface area contributed by atoms with E-state index in [1.54, 1.807) is 11.8 Å². The summed E-state index contributed by atoms with van der Waals surface area (Å²) >= 11 is 1.73. The van der Waals surface area contributed by atoms with E-state index < -0.39 is 5.60 Å². The average Bonchev–Trinajstić information content (AvgIpc) is 2.36. The van der Waals surface area contributed by atoms with E-state index in [0.29, 0.717) is 6.54 Å². The fourth-order valence-electron chi connectivity index (χ4n) is 1.50. The van der Waals surface area contributed by atoms with Crippen LogP contribution in [0, 0.1) is 0 Å². The van der Waals surface area contributed by atoms with Crippen molar-refractivity contribution in [2.45, 2.75) is 37.2 Å². The van der Waals surface area contributed by atoms with Crippen molar-refractivity contribution in [2.75, 3.05) is 18.1 Å². The second-order valence-electron chi connectivity index (χ2n) is 4.02. The van der Waals surface area contributed by atoms with Gasteiger partial charge >= 0.3 is 0 Å². The number of thioether (sulfide) groups is 1. The predicted molar refractivity (Wildman–Crippen MR) is 72.2 cm³/mol. The molecule has 0 amide bonds. The number of hydrogen-bond acceptors (Lipinski definition) is 3. The molecule has 1 rings (SSSR count). The minimum atomic E-state index is -0.588. The highest BCUT2D eigenvalue weighted by molar-refractivity contribution is 7.98. The summed E-state index contributed by atoms with van der Waals surface area (Å²) in [6, 6.07) is 8.26. The van der Waals surface area contributed by atoms with Crippen molar-refractivity contribution in [1.29, 1.82) is 0 Å². The zero-order valence-corrected chi connectivity index (χ0v) is 11.1. The zero-order chi connectivity index (χ0) is 12.0. The summed E-state index contributed by atoms with van der Waals surface area (Å²) in [5, 5.41) is 13.4. The zero-order valence-electron chi connectivity index (χ0n) is 10.3. The van der Waals surface area contributed by atoms with E-state index in [0.717, 1.165) is 18.5 Å². The molecule has 0 saturated heterocycles. The average molecular weight is 239 g/mol. The van der Waals surface area contributed by atoms with Crippen LogP contribution >= 0.6 is 11.8 Å². The Morgan fingerprint density at radius 2 is 2.00 bits per heavy atom. The number of benzene rings is 1. The second-order valence-corrected chi connectivity index (χ2v) is 4.90. The van der Waals surface area contributed by atoms with E-state index in [1.807, 2.05) is 26.0 Å². The van der Waals surface area contributed by atoms with Gasteiger partial charge in [0.2, 0.25) is 0 Å². The third kappa shape index (κ3) is 3.72. The summed E-state index contributed by atoms with van der Waals surface area (Å²) in [5.41, 5.74) is 0.488. The molecule has 16 heavy (non-hydrogen) atoms. The maximum atomic E-state index is 10.1. The standard InChI is InChI=1S/C13H21NOS/c1-4-13(15,5-2)10-14-11-7-6-8-12(9-11)16-3/h6-9,14-15H,4-5,10H2,1-3H3. The van der Waals surface area contributed by atoms with Gasteiger partial charge in [0.1, 0.15) is 0 Å². The van der Waals surface area contributed by atoms with E-state index in [4.69, 9.17) is 0 Å². The maximum Gasteiger partial charge on any atom is 0.0814 e. The predicted octanol–water partition coefficient (Wildman–Crippen LogP) is 3.37. The highest BCUT2D eigenvalue weighted by Crippen LogP contribution is 2.21. The van der Waals surface area contributed by atoms with Gasteiger partial charge in [-0.05, 0) is 37.3 Å². The summed E-state index contributed by atoms with van der Waals surface area (Å²) in [5.74, 6) is 0. The molecule has 2 N–H and O–H groups in total. The Kier molecular flexibility index (Phi) is 5.16. The SMILES string of the molecule is CCC(O)(CC)CNc1cccc(SC)c1. The fraction of sp³-hybridized carbons (Fsp3) is 0.538. The molecule has 0 spiro atoms. The smallest absolute Gasteiger partial charge is 0.0814 e. The van der Waals surface area contributed by atoms with Gasteiger partial charge in [0.25, 0.3) is 0 Å². The van der Waals surface area contributed by atoms with Crippen LogP contribution < -0.4 is 5.32 Å². The molecule has 0 atom stereocenters. The van der Waals surface area contributed by atoms with E-state index >= 15 is 0 Å². The van der Waals surface area contributed by atoms with Crippen molar-refractivity contribution in [1.82, 2.24) is 0 Å². The van der Waals surface area contributed by atoms with Crippen molar-refractivity contribution in [2.24, 2.45) is 0 Å². The van der Waals surface area contributed by atoms with Crippen LogP contribution in [0.5, 0.6) is 0 Å². The van der Waals surface area contributed by atoms with Gasteiger partial charge in [-0.25, -0.2) is 0 Å². The molecule has 90 valence electrons. The first kappa shape index (κ1) is 13.4. The number of anilines is 1. The van der Waals surface area contributed by atoms with Crippen LogP contribution in [0.25, 0.3) is 0 Å². The van der Waals surface area contributed by atoms with Crippen molar-refractivity contribution in [3.05, 3.63) is 24.3 Å². The van der Waals surface area contributed by atoms with E-state index in [2.05, 4.69) is 23.7 Å². The molecule has 1 aromatic rings. The number of hydrogen-bond donors (Lipinski definition) is 2. The molecule has 0 fully saturated rings. The minimum Gasteiger partial charge on any atom is -0.388 e. The van der Waals surface area contributed by atoms with Crippen LogP contribution in [0.4, 0.5) is 5.69 Å². The van der Waals surface area contributed by atoms with E-state index in [1.165, 1.54) is 4.90 Å². The first-order chi connectivity index (χ1) is 7.63. The van der Waals surface area contributed by atoms with Crippen LogP contribution in [0.1, 0.15) is 26.7 Å². The normalized spacial score (nSPS) is 11.5. The van der Waals surface area contributed by atoms with Gasteiger partial charge in [0.05, 0.1) is 5.60 Å². The summed E-state index contributed by atoms with van der Waals surface area (Å²) in [4.78, 5) is 1.24. The molecule has 0 unspecified atom stereocenters. The molecular weight excluding hydrogens is 218 g/mol. The Hall–Kier alpha value is -0.670. The van der Waals surface area contributed by atoms with Crippen molar-refractivity contribution < 1.29 is 5.11 Å². The Morgan fingerprint density at radius 1 is 1.31 bits per heavy atom. The van der Waals surface area contributed by atoms with Gasteiger partial charge < -0.3 is 10.4 Å². The molecule has 0 heterocycles. The van der Waals surface area contributed by atoms with E-state index in [-0.39, 0.29) is 0 Å². The summed E-state index contributed by atoms with van der Waals surface area (Å²) in [6.07, 6.45) is 3.62. The summed E-state index contributed by atoms with van der Waals surface area (Å²) in [6.45, 7) is 4.64. The second kappa shape index (κ2) is 6.16. The van der Waals surface area contributed by atoms with Crippen molar-refractivity contribution in [3.8, 4) is 0 Å². The van der Waals surface area contributed by atoms with Gasteiger partial charge in [0.15, 0.2) is 0 Å². The van der Waals surface area contributed by atoms with Crippen molar-refractivity contribution in [3.63, 3.8) is 0 Å². The van der Waals surface area contributed by atoms with Crippen molar-refractivity contribution >= 4 is 17.4 Å². The lowest BCUT2D eigenvalue weighted by molar-refractivity contribution is 0.0457. The largest absolute Gasteiger partial charge is 0.388 e. The third-order valence-corrected chi connectivity index (χ3v) is 3.73. The number of rotatable bonds is 6. The quantitative estimate of drug-likeness (QED) is 0.747. The highest BCUT2D eigenvalue weighted by Gasteiger charge is 2.21. The molecule has 2 nitrogen and oxygen atoms in total. The molecule has 1 aromatic carbocycles. The first-order valence-electron chi connectivity index (χ1n) is 5.74. The molecular formula is C13H21NOS. The van der Waals surface area contributed by atoms with Gasteiger partial charge in [-0.3, -0.25) is 0 Å². The van der Waals surface area contributed by atoms with E-state index in [9.17, 15) is 5.11 Å². The molecule has 0 aliphatic rings. The summed E-state index contributed by atoms with van der Waals surface area (Å²) in [7, 11) is 0. The Labute approximate surface area is 102 Å². The monoisotopic (exact) mass is 239 g/mol. The number of aliphatic hydroxyl groups is 1. The van der Waals surface area contributed by atoms with Crippen LogP contribution in [-0.4, -0.2) is 23.5 Å². The lowest BCUT2D eigenvalue weighted by Crippen LogP contribution is -2.35. The maximum absolute atomic E-state index is 10.1. The highest BCUT2D eigenvalue weighted by atomic mass is 32.2. The Bertz CT molecular complexity index is 323. The molecule has 0 radical (unpaired) electrons. The lowest BCUT2D eigenvalue weighted by Gasteiger charge is -2.26. The van der Waals surface area contributed by atoms with Crippen LogP contribution in [0.2, 0.25) is 0 Å². The molecule has 0 bridgehead atoms. The topological polar surface area (TPSA) is 32.3 Å². The fourth-order valence-corrected chi connectivity index (χ4v) is 1.96. The van der Waals surface area contributed by atoms with Crippen LogP contribution in [-0.2, 0) is 0 Å². The minimum absolute atomic E-state index is 0.588. The van der Waals surface area contributed by atoms with Gasteiger partial charge in [-0.15, -0.1) is 11.8 Å². The first-order valence-corrected chi connectivity index (χ1v) is 6.96. The lowest BCUT2D eigenvalue weighted by atomic mass is 9.97. The molecule has 0 saturated carbocycles. The Balaban J connectivity index is 2.60. The van der Waals surface area contributed by atoms with Crippen LogP contribution in [0.15, 0.2) is 29.2 Å². The molecule has 0 aliphatic carbocycles. The summed E-state index contributed by atoms with van der Waals surface area (Å²) < 4.78 is 0. The van der Waals surface area contributed by atoms with Gasteiger partial charge in [-0.1, -0.05) is 19.9 Å². The Morgan fingerprint density at radius 3 is 2.56 bits per heavy atom. The number of nitrogens with one attached hydrogen (secondary N) is 1. The van der Waals surface area contributed by atoms with Gasteiger partial charge in [-0.2, -0.15) is 0 Å². The third-order valence-electron chi connectivity index (χ3n) is 3.01. The van der Waals surface area contributed by atoms with Gasteiger partial charge in [0, 0.05) is 17.1 Å².